The van der Waals surface area contributed by atoms with Crippen molar-refractivity contribution in [3.8, 4) is 11.5 Å². The van der Waals surface area contributed by atoms with Gasteiger partial charge in [0.1, 0.15) is 0 Å². The van der Waals surface area contributed by atoms with Gasteiger partial charge in [0.2, 0.25) is 0 Å². The monoisotopic (exact) mass is 297 g/mol. The second-order valence-corrected chi connectivity index (χ2v) is 5.52. The molecule has 1 aromatic heterocycles. The van der Waals surface area contributed by atoms with Gasteiger partial charge in [-0.1, -0.05) is 47.1 Å². The number of hydrogen-bond acceptors (Lipinski definition) is 4. The van der Waals surface area contributed by atoms with E-state index in [4.69, 9.17) is 21.9 Å². The fraction of sp³-hybridized carbons (Fsp3) is 0.125. The zero-order chi connectivity index (χ0) is 14.4. The maximum Gasteiger partial charge on any atom is 0.260 e. The first-order chi connectivity index (χ1) is 10.2. The van der Waals surface area contributed by atoms with E-state index in [1.54, 1.807) is 6.07 Å². The van der Waals surface area contributed by atoms with Gasteiger partial charge in [0.05, 0.1) is 22.2 Å². The number of rotatable bonds is 2. The van der Waals surface area contributed by atoms with E-state index in [-0.39, 0.29) is 5.92 Å². The van der Waals surface area contributed by atoms with Crippen molar-refractivity contribution in [2.45, 2.75) is 12.3 Å². The Labute approximate surface area is 126 Å². The molecular weight excluding hydrogens is 286 g/mol. The van der Waals surface area contributed by atoms with Gasteiger partial charge in [0, 0.05) is 0 Å². The fourth-order valence-electron chi connectivity index (χ4n) is 2.70. The van der Waals surface area contributed by atoms with Crippen LogP contribution in [0, 0.1) is 0 Å². The summed E-state index contributed by atoms with van der Waals surface area (Å²) in [4.78, 5) is 4.49. The van der Waals surface area contributed by atoms with Gasteiger partial charge in [0.25, 0.3) is 5.89 Å². The van der Waals surface area contributed by atoms with Crippen LogP contribution in [-0.2, 0) is 6.42 Å². The average Bonchev–Trinajstić information content (AvgIpc) is 2.92. The predicted molar refractivity (Wildman–Crippen MR) is 81.1 cm³/mol. The summed E-state index contributed by atoms with van der Waals surface area (Å²) < 4.78 is 5.36. The normalized spacial score (nSPS) is 16.3. The minimum Gasteiger partial charge on any atom is -0.397 e. The maximum atomic E-state index is 6.02. The summed E-state index contributed by atoms with van der Waals surface area (Å²) in [6.45, 7) is 0. The number of nitrogens with two attached hydrogens (primary N) is 1. The highest BCUT2D eigenvalue weighted by atomic mass is 35.5. The highest BCUT2D eigenvalue weighted by Crippen LogP contribution is 2.39. The van der Waals surface area contributed by atoms with Crippen molar-refractivity contribution in [1.29, 1.82) is 0 Å². The molecule has 1 heterocycles. The van der Waals surface area contributed by atoms with Gasteiger partial charge in [-0.25, -0.2) is 0 Å². The Balaban J connectivity index is 1.70. The maximum absolute atomic E-state index is 6.02. The average molecular weight is 298 g/mol. The van der Waals surface area contributed by atoms with Crippen LogP contribution in [0.15, 0.2) is 47.0 Å². The van der Waals surface area contributed by atoms with Crippen molar-refractivity contribution in [1.82, 2.24) is 10.1 Å². The lowest BCUT2D eigenvalue weighted by Crippen LogP contribution is -2.19. The first-order valence-electron chi connectivity index (χ1n) is 6.70. The molecule has 4 nitrogen and oxygen atoms in total. The minimum absolute atomic E-state index is 0.208. The highest BCUT2D eigenvalue weighted by Gasteiger charge is 2.31. The molecule has 2 aromatic carbocycles. The molecule has 1 unspecified atom stereocenters. The van der Waals surface area contributed by atoms with Crippen LogP contribution >= 0.6 is 11.6 Å². The number of fused-ring (bicyclic) bond motifs is 1. The SMILES string of the molecule is Nc1c(Cl)cccc1-c1nc(C2Cc3ccccc32)no1. The molecule has 1 atom stereocenters. The van der Waals surface area contributed by atoms with Crippen LogP contribution in [0.4, 0.5) is 5.69 Å². The van der Waals surface area contributed by atoms with E-state index < -0.39 is 0 Å². The molecule has 0 radical (unpaired) electrons. The summed E-state index contributed by atoms with van der Waals surface area (Å²) in [7, 11) is 0. The van der Waals surface area contributed by atoms with E-state index in [1.807, 2.05) is 24.3 Å². The topological polar surface area (TPSA) is 64.9 Å². The fourth-order valence-corrected chi connectivity index (χ4v) is 2.87. The predicted octanol–water partition coefficient (Wildman–Crippen LogP) is 3.66. The standard InChI is InChI=1S/C16H12ClN3O/c17-13-7-3-6-11(14(13)18)16-19-15(20-21-16)12-8-9-4-1-2-5-10(9)12/h1-7,12H,8,18H2. The number of nitrogens with zero attached hydrogens (tertiary/aromatic N) is 2. The van der Waals surface area contributed by atoms with E-state index in [9.17, 15) is 0 Å². The number of hydrogen-bond donors (Lipinski definition) is 1. The minimum atomic E-state index is 0.208. The largest absolute Gasteiger partial charge is 0.397 e. The summed E-state index contributed by atoms with van der Waals surface area (Å²) in [5, 5.41) is 4.59. The molecule has 0 aliphatic heterocycles. The molecule has 3 aromatic rings. The van der Waals surface area contributed by atoms with Crippen LogP contribution in [0.3, 0.4) is 0 Å². The Morgan fingerprint density at radius 2 is 2.00 bits per heavy atom. The third-order valence-electron chi connectivity index (χ3n) is 3.89. The lowest BCUT2D eigenvalue weighted by atomic mass is 9.77. The summed E-state index contributed by atoms with van der Waals surface area (Å²) in [6, 6.07) is 13.7. The zero-order valence-electron chi connectivity index (χ0n) is 11.1. The first-order valence-corrected chi connectivity index (χ1v) is 7.07. The van der Waals surface area contributed by atoms with Crippen molar-refractivity contribution in [2.24, 2.45) is 0 Å². The molecule has 2 N–H and O–H groups in total. The Hall–Kier alpha value is -2.33. The number of anilines is 1. The van der Waals surface area contributed by atoms with E-state index in [0.717, 1.165) is 6.42 Å². The molecule has 4 rings (SSSR count). The van der Waals surface area contributed by atoms with Gasteiger partial charge in [-0.3, -0.25) is 0 Å². The van der Waals surface area contributed by atoms with Crippen molar-refractivity contribution >= 4 is 17.3 Å². The Bertz CT molecular complexity index is 828. The van der Waals surface area contributed by atoms with E-state index >= 15 is 0 Å². The van der Waals surface area contributed by atoms with Gasteiger partial charge >= 0.3 is 0 Å². The number of aromatic nitrogens is 2. The van der Waals surface area contributed by atoms with Crippen LogP contribution in [0.1, 0.15) is 22.9 Å². The Kier molecular flexibility index (Phi) is 2.72. The second kappa shape index (κ2) is 4.60. The highest BCUT2D eigenvalue weighted by molar-refractivity contribution is 6.33. The summed E-state index contributed by atoms with van der Waals surface area (Å²) >= 11 is 6.02. The Morgan fingerprint density at radius 3 is 2.86 bits per heavy atom. The number of halogens is 1. The van der Waals surface area contributed by atoms with Gasteiger partial charge in [-0.15, -0.1) is 0 Å². The van der Waals surface area contributed by atoms with E-state index in [0.29, 0.717) is 28.0 Å². The van der Waals surface area contributed by atoms with Gasteiger partial charge < -0.3 is 10.3 Å². The van der Waals surface area contributed by atoms with Gasteiger partial charge in [-0.05, 0) is 29.7 Å². The smallest absolute Gasteiger partial charge is 0.260 e. The molecule has 0 amide bonds. The van der Waals surface area contributed by atoms with Gasteiger partial charge in [-0.2, -0.15) is 4.98 Å². The van der Waals surface area contributed by atoms with Crippen LogP contribution in [0.2, 0.25) is 5.02 Å². The van der Waals surface area contributed by atoms with Crippen LogP contribution in [-0.4, -0.2) is 10.1 Å². The lowest BCUT2D eigenvalue weighted by molar-refractivity contribution is 0.416. The van der Waals surface area contributed by atoms with Crippen LogP contribution < -0.4 is 5.73 Å². The zero-order valence-corrected chi connectivity index (χ0v) is 11.8. The third kappa shape index (κ3) is 1.91. The summed E-state index contributed by atoms with van der Waals surface area (Å²) in [6.07, 6.45) is 0.945. The number of para-hydroxylation sites is 1. The third-order valence-corrected chi connectivity index (χ3v) is 4.22. The molecule has 1 aliphatic carbocycles. The van der Waals surface area contributed by atoms with E-state index in [1.165, 1.54) is 11.1 Å². The molecule has 0 fully saturated rings. The second-order valence-electron chi connectivity index (χ2n) is 5.11. The number of benzene rings is 2. The number of nitrogen functional groups attached to an aromatic ring is 1. The van der Waals surface area contributed by atoms with Crippen molar-refractivity contribution < 1.29 is 4.52 Å². The van der Waals surface area contributed by atoms with Crippen molar-refractivity contribution in [3.63, 3.8) is 0 Å². The Morgan fingerprint density at radius 1 is 1.14 bits per heavy atom. The summed E-state index contributed by atoms with van der Waals surface area (Å²) in [5.41, 5.74) is 9.71. The van der Waals surface area contributed by atoms with Crippen molar-refractivity contribution in [2.75, 3.05) is 5.73 Å². The molecule has 5 heteroatoms. The molecular formula is C16H12ClN3O. The van der Waals surface area contributed by atoms with Crippen molar-refractivity contribution in [3.05, 3.63) is 64.4 Å². The molecule has 21 heavy (non-hydrogen) atoms. The quantitative estimate of drug-likeness (QED) is 0.733. The molecule has 0 spiro atoms. The molecule has 0 saturated heterocycles. The van der Waals surface area contributed by atoms with Crippen LogP contribution in [0.25, 0.3) is 11.5 Å². The van der Waals surface area contributed by atoms with E-state index in [2.05, 4.69) is 22.3 Å². The lowest BCUT2D eigenvalue weighted by Gasteiger charge is -2.27. The molecule has 1 aliphatic rings. The molecule has 0 saturated carbocycles. The van der Waals surface area contributed by atoms with Gasteiger partial charge in [0.15, 0.2) is 5.82 Å². The van der Waals surface area contributed by atoms with Crippen LogP contribution in [0.5, 0.6) is 0 Å². The summed E-state index contributed by atoms with van der Waals surface area (Å²) in [5.74, 6) is 1.32. The molecule has 104 valence electrons. The first kappa shape index (κ1) is 12.4. The molecule has 0 bridgehead atoms.